The Morgan fingerprint density at radius 2 is 2.15 bits per heavy atom. The summed E-state index contributed by atoms with van der Waals surface area (Å²) in [4.78, 5) is 0. The standard InChI is InChI=1S/C10H14FNO/c1-3-8-7(6-12)4-5-9(13-2)10(8)11/h4-5H,3,6,12H2,1-2H3. The Kier molecular flexibility index (Phi) is 3.25. The van der Waals surface area contributed by atoms with E-state index in [0.29, 0.717) is 18.5 Å². The first-order valence-corrected chi connectivity index (χ1v) is 4.28. The van der Waals surface area contributed by atoms with Gasteiger partial charge in [-0.3, -0.25) is 0 Å². The molecule has 2 nitrogen and oxygen atoms in total. The zero-order valence-electron chi connectivity index (χ0n) is 7.93. The summed E-state index contributed by atoms with van der Waals surface area (Å²) < 4.78 is 18.4. The Hall–Kier alpha value is -1.09. The number of ether oxygens (including phenoxy) is 1. The average molecular weight is 183 g/mol. The highest BCUT2D eigenvalue weighted by Crippen LogP contribution is 2.23. The van der Waals surface area contributed by atoms with Crippen LogP contribution in [0.5, 0.6) is 5.75 Å². The molecule has 1 aromatic carbocycles. The zero-order chi connectivity index (χ0) is 9.84. The second-order valence-corrected chi connectivity index (χ2v) is 2.78. The Balaban J connectivity index is 3.23. The molecular formula is C10H14FNO. The van der Waals surface area contributed by atoms with Gasteiger partial charge in [0.25, 0.3) is 0 Å². The Morgan fingerprint density at radius 1 is 1.46 bits per heavy atom. The molecular weight excluding hydrogens is 169 g/mol. The summed E-state index contributed by atoms with van der Waals surface area (Å²) in [7, 11) is 1.46. The molecule has 0 bridgehead atoms. The summed E-state index contributed by atoms with van der Waals surface area (Å²) in [5.74, 6) is 0.00185. The first kappa shape index (κ1) is 9.99. The summed E-state index contributed by atoms with van der Waals surface area (Å²) in [5.41, 5.74) is 6.98. The molecule has 0 saturated heterocycles. The molecule has 0 aliphatic rings. The van der Waals surface area contributed by atoms with Crippen LogP contribution in [0.15, 0.2) is 12.1 Å². The van der Waals surface area contributed by atoms with Gasteiger partial charge >= 0.3 is 0 Å². The van der Waals surface area contributed by atoms with E-state index in [1.54, 1.807) is 12.1 Å². The third-order valence-electron chi connectivity index (χ3n) is 2.10. The molecule has 0 radical (unpaired) electrons. The summed E-state index contributed by atoms with van der Waals surface area (Å²) in [6.07, 6.45) is 0.634. The van der Waals surface area contributed by atoms with E-state index in [1.165, 1.54) is 7.11 Å². The van der Waals surface area contributed by atoms with Crippen LogP contribution in [-0.2, 0) is 13.0 Å². The molecule has 0 aliphatic heterocycles. The van der Waals surface area contributed by atoms with E-state index in [1.807, 2.05) is 6.92 Å². The molecule has 1 rings (SSSR count). The first-order valence-electron chi connectivity index (χ1n) is 4.28. The van der Waals surface area contributed by atoms with Crippen molar-refractivity contribution in [3.05, 3.63) is 29.1 Å². The smallest absolute Gasteiger partial charge is 0.168 e. The molecule has 0 unspecified atom stereocenters. The lowest BCUT2D eigenvalue weighted by atomic mass is 10.0. The van der Waals surface area contributed by atoms with Crippen molar-refractivity contribution < 1.29 is 9.13 Å². The van der Waals surface area contributed by atoms with Crippen molar-refractivity contribution in [3.8, 4) is 5.75 Å². The molecule has 0 saturated carbocycles. The largest absolute Gasteiger partial charge is 0.494 e. The number of hydrogen-bond donors (Lipinski definition) is 1. The molecule has 3 heteroatoms. The third kappa shape index (κ3) is 1.80. The normalized spacial score (nSPS) is 10.2. The molecule has 0 amide bonds. The summed E-state index contributed by atoms with van der Waals surface area (Å²) in [6, 6.07) is 3.41. The fraction of sp³-hybridized carbons (Fsp3) is 0.400. The minimum atomic E-state index is -0.284. The van der Waals surface area contributed by atoms with Crippen molar-refractivity contribution in [2.24, 2.45) is 5.73 Å². The topological polar surface area (TPSA) is 35.2 Å². The van der Waals surface area contributed by atoms with Gasteiger partial charge in [-0.25, -0.2) is 4.39 Å². The molecule has 0 aliphatic carbocycles. The summed E-state index contributed by atoms with van der Waals surface area (Å²) in [5, 5.41) is 0. The maximum Gasteiger partial charge on any atom is 0.168 e. The predicted molar refractivity (Wildman–Crippen MR) is 50.2 cm³/mol. The van der Waals surface area contributed by atoms with Gasteiger partial charge in [0.05, 0.1) is 7.11 Å². The zero-order valence-corrected chi connectivity index (χ0v) is 7.93. The van der Waals surface area contributed by atoms with Gasteiger partial charge in [0, 0.05) is 6.54 Å². The van der Waals surface area contributed by atoms with E-state index < -0.39 is 0 Å². The average Bonchev–Trinajstić information content (AvgIpc) is 2.17. The minimum Gasteiger partial charge on any atom is -0.494 e. The summed E-state index contributed by atoms with van der Waals surface area (Å²) in [6.45, 7) is 2.26. The van der Waals surface area contributed by atoms with E-state index in [4.69, 9.17) is 10.5 Å². The molecule has 0 fully saturated rings. The summed E-state index contributed by atoms with van der Waals surface area (Å²) >= 11 is 0. The van der Waals surface area contributed by atoms with Crippen molar-refractivity contribution in [3.63, 3.8) is 0 Å². The van der Waals surface area contributed by atoms with Gasteiger partial charge < -0.3 is 10.5 Å². The third-order valence-corrected chi connectivity index (χ3v) is 2.10. The van der Waals surface area contributed by atoms with Crippen molar-refractivity contribution >= 4 is 0 Å². The monoisotopic (exact) mass is 183 g/mol. The maximum absolute atomic E-state index is 13.5. The number of rotatable bonds is 3. The van der Waals surface area contributed by atoms with Crippen molar-refractivity contribution in [2.45, 2.75) is 19.9 Å². The van der Waals surface area contributed by atoms with Gasteiger partial charge in [0.2, 0.25) is 0 Å². The molecule has 72 valence electrons. The lowest BCUT2D eigenvalue weighted by Gasteiger charge is -2.10. The molecule has 0 atom stereocenters. The molecule has 2 N–H and O–H groups in total. The highest BCUT2D eigenvalue weighted by molar-refractivity contribution is 5.37. The SMILES string of the molecule is CCc1c(CN)ccc(OC)c1F. The van der Waals surface area contributed by atoms with Crippen LogP contribution in [0.4, 0.5) is 4.39 Å². The highest BCUT2D eigenvalue weighted by atomic mass is 19.1. The minimum absolute atomic E-state index is 0.284. The van der Waals surface area contributed by atoms with E-state index in [2.05, 4.69) is 0 Å². The second kappa shape index (κ2) is 4.23. The molecule has 0 spiro atoms. The van der Waals surface area contributed by atoms with Gasteiger partial charge in [0.15, 0.2) is 11.6 Å². The van der Waals surface area contributed by atoms with Gasteiger partial charge in [-0.2, -0.15) is 0 Å². The van der Waals surface area contributed by atoms with Crippen LogP contribution in [-0.4, -0.2) is 7.11 Å². The van der Waals surface area contributed by atoms with Crippen LogP contribution in [0.2, 0.25) is 0 Å². The molecule has 13 heavy (non-hydrogen) atoms. The molecule has 0 aromatic heterocycles. The number of nitrogens with two attached hydrogens (primary N) is 1. The van der Waals surface area contributed by atoms with Gasteiger partial charge in [-0.05, 0) is 23.6 Å². The Morgan fingerprint density at radius 3 is 2.62 bits per heavy atom. The highest BCUT2D eigenvalue weighted by Gasteiger charge is 2.10. The lowest BCUT2D eigenvalue weighted by Crippen LogP contribution is -2.04. The van der Waals surface area contributed by atoms with Crippen molar-refractivity contribution in [1.29, 1.82) is 0 Å². The number of hydrogen-bond acceptors (Lipinski definition) is 2. The van der Waals surface area contributed by atoms with Crippen LogP contribution in [0.3, 0.4) is 0 Å². The van der Waals surface area contributed by atoms with E-state index in [-0.39, 0.29) is 11.6 Å². The van der Waals surface area contributed by atoms with Crippen LogP contribution in [0.25, 0.3) is 0 Å². The Labute approximate surface area is 77.5 Å². The first-order chi connectivity index (χ1) is 6.24. The Bertz CT molecular complexity index is 299. The number of methoxy groups -OCH3 is 1. The maximum atomic E-state index is 13.5. The van der Waals surface area contributed by atoms with Crippen molar-refractivity contribution in [2.75, 3.05) is 7.11 Å². The van der Waals surface area contributed by atoms with Crippen LogP contribution in [0.1, 0.15) is 18.1 Å². The van der Waals surface area contributed by atoms with E-state index >= 15 is 0 Å². The number of halogens is 1. The van der Waals surface area contributed by atoms with Crippen LogP contribution < -0.4 is 10.5 Å². The second-order valence-electron chi connectivity index (χ2n) is 2.78. The predicted octanol–water partition coefficient (Wildman–Crippen LogP) is 1.86. The van der Waals surface area contributed by atoms with Crippen LogP contribution in [0, 0.1) is 5.82 Å². The van der Waals surface area contributed by atoms with E-state index in [9.17, 15) is 4.39 Å². The molecule has 1 aromatic rings. The van der Waals surface area contributed by atoms with Crippen molar-refractivity contribution in [1.82, 2.24) is 0 Å². The van der Waals surface area contributed by atoms with Gasteiger partial charge in [-0.1, -0.05) is 13.0 Å². The van der Waals surface area contributed by atoms with Gasteiger partial charge in [-0.15, -0.1) is 0 Å². The lowest BCUT2D eigenvalue weighted by molar-refractivity contribution is 0.384. The molecule has 0 heterocycles. The van der Waals surface area contributed by atoms with Crippen LogP contribution >= 0.6 is 0 Å². The van der Waals surface area contributed by atoms with E-state index in [0.717, 1.165) is 5.56 Å². The number of benzene rings is 1. The fourth-order valence-corrected chi connectivity index (χ4v) is 1.37. The van der Waals surface area contributed by atoms with Gasteiger partial charge in [0.1, 0.15) is 0 Å². The quantitative estimate of drug-likeness (QED) is 0.776. The fourth-order valence-electron chi connectivity index (χ4n) is 1.37.